The summed E-state index contributed by atoms with van der Waals surface area (Å²) in [6.45, 7) is 4.14. The first kappa shape index (κ1) is 91.7. The molecule has 0 heterocycles. The molecule has 2 atom stereocenters. The molecule has 0 aromatic heterocycles. The number of hydrogen-bond donors (Lipinski definition) is 0. The zero-order valence-corrected chi connectivity index (χ0v) is 70.7. The summed E-state index contributed by atoms with van der Waals surface area (Å²) in [4.78, 5) is 0. The van der Waals surface area contributed by atoms with Gasteiger partial charge in [0.25, 0.3) is 0 Å². The molecule has 552 valence electrons. The fourth-order valence-electron chi connectivity index (χ4n) is 10.9. The van der Waals surface area contributed by atoms with Gasteiger partial charge < -0.3 is 106 Å². The predicted molar refractivity (Wildman–Crippen MR) is 388 cm³/mol. The maximum Gasteiger partial charge on any atom is 0.507 e. The lowest BCUT2D eigenvalue weighted by molar-refractivity contribution is 0.114. The molecular weight excluding hydrogens is 1380 g/mol. The van der Waals surface area contributed by atoms with Crippen molar-refractivity contribution in [3.63, 3.8) is 0 Å². The fraction of sp³-hybridized carbons (Fsp3) is 0.625. The Kier molecular flexibility index (Phi) is 45.6. The van der Waals surface area contributed by atoms with Crippen LogP contribution < -0.4 is 0 Å². The Morgan fingerprint density at radius 1 is 0.208 bits per heavy atom. The van der Waals surface area contributed by atoms with Crippen LogP contribution in [0.3, 0.4) is 0 Å². The summed E-state index contributed by atoms with van der Waals surface area (Å²) in [7, 11) is 18.6. The lowest BCUT2D eigenvalue weighted by Gasteiger charge is -2.30. The highest BCUT2D eigenvalue weighted by atomic mass is 28.4. The van der Waals surface area contributed by atoms with Crippen LogP contribution in [0.15, 0.2) is 97.1 Å². The molecule has 0 spiro atoms. The van der Waals surface area contributed by atoms with E-state index >= 15 is 0 Å². The number of benzene rings is 4. The summed E-state index contributed by atoms with van der Waals surface area (Å²) in [5.41, 5.74) is 9.66. The highest BCUT2D eigenvalue weighted by Gasteiger charge is 2.47. The van der Waals surface area contributed by atoms with Gasteiger partial charge in [0.05, 0.1) is 11.1 Å². The van der Waals surface area contributed by atoms with Gasteiger partial charge in [-0.1, -0.05) is 111 Å². The van der Waals surface area contributed by atoms with Crippen LogP contribution in [-0.4, -0.2) is 241 Å². The largest absolute Gasteiger partial charge is 0.507 e. The van der Waals surface area contributed by atoms with Crippen molar-refractivity contribution < 1.29 is 106 Å². The van der Waals surface area contributed by atoms with E-state index in [0.717, 1.165) is 85.9 Å². The molecule has 0 radical (unpaired) electrons. The minimum Gasteiger partial charge on any atom is -0.377 e. The Morgan fingerprint density at radius 3 is 0.615 bits per heavy atom. The summed E-state index contributed by atoms with van der Waals surface area (Å²) >= 11 is 0. The summed E-state index contributed by atoms with van der Waals surface area (Å²) < 4.78 is 132. The first-order chi connectivity index (χ1) is 46.0. The van der Waals surface area contributed by atoms with Gasteiger partial charge >= 0.3 is 70.4 Å². The van der Waals surface area contributed by atoms with E-state index in [-0.39, 0.29) is 11.1 Å². The predicted octanol–water partition coefficient (Wildman–Crippen LogP) is 10.3. The standard InChI is InChI=1S/4C16H30O6Si2/c1-14(24(20-5,21-6)22-7)16-10-8-15(9-11-16)12-13-23(17-2,18-3)19-4;1-14(24(20-5,21-6)22-7)16-10-8-9-15(13-16)11-12-23(17-2,18-3)19-4;1-17-23(18-2,19-3)13-11-15-7-9-16(10-8-15)12-14-24(20-4,21-5)22-6;1-17-23(18-2,19-3)12-10-15-8-7-9-16(14-15)11-13-24(20-4,21-5)22-6/h8-11,14H,12-13H2,1-7H3;8-10,13-14H,11-12H2,1-7H3;7-10H,11-14H2,1-6H3;7-9,14H,10-13H2,1-6H3. The van der Waals surface area contributed by atoms with Crippen LogP contribution in [-0.2, 0) is 145 Å². The van der Waals surface area contributed by atoms with Gasteiger partial charge in [-0.3, -0.25) is 0 Å². The maximum absolute atomic E-state index is 5.60. The molecule has 24 nitrogen and oxygen atoms in total. The molecule has 4 aromatic rings. The van der Waals surface area contributed by atoms with Crippen LogP contribution in [0.25, 0.3) is 0 Å². The van der Waals surface area contributed by atoms with Crippen molar-refractivity contribution >= 4 is 70.4 Å². The molecule has 0 aliphatic rings. The number of aryl methyl sites for hydroxylation is 6. The first-order valence-corrected chi connectivity index (χ1v) is 46.7. The average molecular weight is 1500 g/mol. The molecule has 0 saturated carbocycles. The molecule has 0 amide bonds. The van der Waals surface area contributed by atoms with E-state index in [2.05, 4.69) is 105 Å². The molecule has 2 unspecified atom stereocenters. The van der Waals surface area contributed by atoms with Crippen LogP contribution in [0.1, 0.15) is 69.4 Å². The molecular formula is C64H120O24Si8. The molecule has 0 bridgehead atoms. The molecule has 4 aromatic carbocycles. The Bertz CT molecular complexity index is 2460. The van der Waals surface area contributed by atoms with Crippen molar-refractivity contribution in [3.8, 4) is 0 Å². The van der Waals surface area contributed by atoms with Crippen molar-refractivity contribution in [2.24, 2.45) is 0 Å². The van der Waals surface area contributed by atoms with Crippen molar-refractivity contribution in [2.75, 3.05) is 171 Å². The van der Waals surface area contributed by atoms with Gasteiger partial charge in [-0.2, -0.15) is 0 Å². The average Bonchev–Trinajstić information content (AvgIpc) is 1.02. The van der Waals surface area contributed by atoms with E-state index in [1.807, 2.05) is 6.07 Å². The maximum atomic E-state index is 5.60. The van der Waals surface area contributed by atoms with E-state index in [1.54, 1.807) is 171 Å². The molecule has 0 fully saturated rings. The highest BCUT2D eigenvalue weighted by Crippen LogP contribution is 2.32. The third kappa shape index (κ3) is 27.4. The lowest BCUT2D eigenvalue weighted by atomic mass is 10.1. The number of rotatable bonds is 46. The van der Waals surface area contributed by atoms with Gasteiger partial charge in [-0.05, 0) is 83.0 Å². The monoisotopic (exact) mass is 1500 g/mol. The van der Waals surface area contributed by atoms with E-state index in [9.17, 15) is 0 Å². The van der Waals surface area contributed by atoms with Crippen LogP contribution in [0.5, 0.6) is 0 Å². The molecule has 32 heteroatoms. The smallest absolute Gasteiger partial charge is 0.377 e. The zero-order chi connectivity index (χ0) is 72.5. The van der Waals surface area contributed by atoms with Crippen molar-refractivity contribution in [2.45, 2.75) is 99.7 Å². The van der Waals surface area contributed by atoms with E-state index in [1.165, 1.54) is 33.4 Å². The minimum atomic E-state index is -2.73. The van der Waals surface area contributed by atoms with Crippen molar-refractivity contribution in [1.82, 2.24) is 0 Å². The van der Waals surface area contributed by atoms with E-state index < -0.39 is 70.4 Å². The third-order valence-electron chi connectivity index (χ3n) is 17.6. The zero-order valence-electron chi connectivity index (χ0n) is 62.7. The Labute approximate surface area is 585 Å². The summed E-state index contributed by atoms with van der Waals surface area (Å²) in [5, 5.41) is 0. The SMILES string of the molecule is CO[Si](CCc1ccc(C(C)[Si](OC)(OC)OC)cc1)(OC)OC.CO[Si](CCc1ccc(CC[Si](OC)(OC)OC)cc1)(OC)OC.CO[Si](CCc1cccc(C(C)[Si](OC)(OC)OC)c1)(OC)OC.CO[Si](CCc1cccc(CC[Si](OC)(OC)OC)c1)(OC)OC. The van der Waals surface area contributed by atoms with Gasteiger partial charge in [0, 0.05) is 207 Å². The normalized spacial score (nSPS) is 13.3. The van der Waals surface area contributed by atoms with Crippen molar-refractivity contribution in [3.05, 3.63) is 142 Å². The Morgan fingerprint density at radius 2 is 0.396 bits per heavy atom. The van der Waals surface area contributed by atoms with Crippen LogP contribution in [0.2, 0.25) is 36.3 Å². The second-order valence-corrected chi connectivity index (χ2v) is 46.9. The van der Waals surface area contributed by atoms with Gasteiger partial charge in [0.15, 0.2) is 0 Å². The fourth-order valence-corrected chi connectivity index (χ4v) is 25.4. The third-order valence-corrected chi connectivity index (χ3v) is 40.2. The lowest BCUT2D eigenvalue weighted by Crippen LogP contribution is -2.48. The second-order valence-electron chi connectivity index (χ2n) is 21.8. The Hall–Kier alpha value is -2.34. The second kappa shape index (κ2) is 47.8. The Balaban J connectivity index is 0.000000640. The van der Waals surface area contributed by atoms with Crippen LogP contribution in [0, 0.1) is 0 Å². The first-order valence-electron chi connectivity index (χ1n) is 31.5. The summed E-state index contributed by atoms with van der Waals surface area (Å²) in [5.74, 6) is 0. The molecule has 0 aliphatic carbocycles. The summed E-state index contributed by atoms with van der Waals surface area (Å²) in [6, 6.07) is 38.2. The molecule has 0 N–H and O–H groups in total. The van der Waals surface area contributed by atoms with Crippen molar-refractivity contribution in [1.29, 1.82) is 0 Å². The van der Waals surface area contributed by atoms with Gasteiger partial charge in [0.2, 0.25) is 0 Å². The quantitative estimate of drug-likeness (QED) is 0.0375. The highest BCUT2D eigenvalue weighted by molar-refractivity contribution is 6.64. The minimum absolute atomic E-state index is 0.0340. The van der Waals surface area contributed by atoms with Gasteiger partial charge in [0.1, 0.15) is 0 Å². The topological polar surface area (TPSA) is 222 Å². The van der Waals surface area contributed by atoms with E-state index in [4.69, 9.17) is 106 Å². The molecule has 0 saturated heterocycles. The van der Waals surface area contributed by atoms with E-state index in [0.29, 0.717) is 0 Å². The molecule has 4 rings (SSSR count). The summed E-state index contributed by atoms with van der Waals surface area (Å²) in [6.07, 6.45) is 5.04. The van der Waals surface area contributed by atoms with Crippen LogP contribution in [0.4, 0.5) is 0 Å². The van der Waals surface area contributed by atoms with Crippen LogP contribution >= 0.6 is 0 Å². The van der Waals surface area contributed by atoms with Gasteiger partial charge in [-0.25, -0.2) is 0 Å². The van der Waals surface area contributed by atoms with Gasteiger partial charge in [-0.15, -0.1) is 0 Å². The molecule has 0 aliphatic heterocycles. The number of hydrogen-bond acceptors (Lipinski definition) is 24. The molecule has 96 heavy (non-hydrogen) atoms.